The molecule has 3 heteroatoms. The molecule has 4 aromatic rings. The van der Waals surface area contributed by atoms with Crippen LogP contribution in [0.15, 0.2) is 42.5 Å². The lowest BCUT2D eigenvalue weighted by Gasteiger charge is -1.95. The van der Waals surface area contributed by atoms with E-state index in [1.54, 1.807) is 11.3 Å². The SMILES string of the molecule is CC.Cc1ccc2nc3sc4ccccc4n3c2c1. The molecule has 0 fully saturated rings. The maximum atomic E-state index is 4.68. The standard InChI is InChI=1S/C14H10N2S.C2H6/c1-9-6-7-10-12(8-9)16-11-4-2-3-5-13(11)17-14(16)15-10;1-2/h2-8H,1H3;1-2H3. The van der Waals surface area contributed by atoms with Gasteiger partial charge in [-0.25, -0.2) is 4.98 Å². The first-order valence-corrected chi connectivity index (χ1v) is 7.41. The number of thiazole rings is 1. The summed E-state index contributed by atoms with van der Waals surface area (Å²) in [6, 6.07) is 14.9. The smallest absolute Gasteiger partial charge is 0.195 e. The van der Waals surface area contributed by atoms with Crippen LogP contribution in [-0.2, 0) is 0 Å². The van der Waals surface area contributed by atoms with Crippen molar-refractivity contribution in [1.29, 1.82) is 0 Å². The number of imidazole rings is 1. The van der Waals surface area contributed by atoms with E-state index in [0.29, 0.717) is 0 Å². The number of para-hydroxylation sites is 1. The van der Waals surface area contributed by atoms with Crippen LogP contribution in [0.25, 0.3) is 26.2 Å². The van der Waals surface area contributed by atoms with Crippen molar-refractivity contribution < 1.29 is 0 Å². The number of aromatic nitrogens is 2. The summed E-state index contributed by atoms with van der Waals surface area (Å²) >= 11 is 1.75. The van der Waals surface area contributed by atoms with Crippen molar-refractivity contribution in [3.8, 4) is 0 Å². The Kier molecular flexibility index (Phi) is 2.99. The minimum Gasteiger partial charge on any atom is -0.283 e. The molecule has 0 saturated carbocycles. The van der Waals surface area contributed by atoms with Crippen molar-refractivity contribution in [2.45, 2.75) is 20.8 Å². The summed E-state index contributed by atoms with van der Waals surface area (Å²) in [6.07, 6.45) is 0. The second-order valence-electron chi connectivity index (χ2n) is 4.29. The Labute approximate surface area is 116 Å². The topological polar surface area (TPSA) is 17.3 Å². The molecule has 0 spiro atoms. The summed E-state index contributed by atoms with van der Waals surface area (Å²) in [5.41, 5.74) is 4.81. The molecule has 0 N–H and O–H groups in total. The molecule has 2 aromatic heterocycles. The molecule has 2 aromatic carbocycles. The lowest BCUT2D eigenvalue weighted by Crippen LogP contribution is -1.80. The summed E-state index contributed by atoms with van der Waals surface area (Å²) < 4.78 is 3.54. The molecule has 4 rings (SSSR count). The fraction of sp³-hybridized carbons (Fsp3) is 0.188. The summed E-state index contributed by atoms with van der Waals surface area (Å²) in [7, 11) is 0. The lowest BCUT2D eigenvalue weighted by atomic mass is 10.2. The van der Waals surface area contributed by atoms with Crippen LogP contribution in [0.3, 0.4) is 0 Å². The summed E-state index contributed by atoms with van der Waals surface area (Å²) in [4.78, 5) is 5.75. The molecule has 2 heterocycles. The van der Waals surface area contributed by atoms with Gasteiger partial charge in [0, 0.05) is 0 Å². The summed E-state index contributed by atoms with van der Waals surface area (Å²) in [5.74, 6) is 0. The Bertz CT molecular complexity index is 855. The highest BCUT2D eigenvalue weighted by molar-refractivity contribution is 7.23. The Morgan fingerprint density at radius 1 is 1.00 bits per heavy atom. The van der Waals surface area contributed by atoms with Crippen molar-refractivity contribution in [3.63, 3.8) is 0 Å². The third-order valence-electron chi connectivity index (χ3n) is 3.09. The summed E-state index contributed by atoms with van der Waals surface area (Å²) in [5, 5.41) is 0. The number of aryl methyl sites for hydroxylation is 1. The van der Waals surface area contributed by atoms with E-state index in [-0.39, 0.29) is 0 Å². The van der Waals surface area contributed by atoms with Crippen molar-refractivity contribution >= 4 is 37.5 Å². The normalized spacial score (nSPS) is 10.9. The maximum absolute atomic E-state index is 4.68. The third-order valence-corrected chi connectivity index (χ3v) is 4.11. The molecule has 0 aliphatic rings. The predicted molar refractivity (Wildman–Crippen MR) is 84.2 cm³/mol. The number of hydrogen-bond acceptors (Lipinski definition) is 2. The van der Waals surface area contributed by atoms with Gasteiger partial charge in [-0.3, -0.25) is 4.40 Å². The fourth-order valence-corrected chi connectivity index (χ4v) is 3.33. The molecular weight excluding hydrogens is 252 g/mol. The van der Waals surface area contributed by atoms with Gasteiger partial charge in [-0.15, -0.1) is 0 Å². The molecular formula is C16H16N2S. The maximum Gasteiger partial charge on any atom is 0.195 e. The van der Waals surface area contributed by atoms with Gasteiger partial charge >= 0.3 is 0 Å². The van der Waals surface area contributed by atoms with Gasteiger partial charge in [0.05, 0.1) is 21.3 Å². The first kappa shape index (κ1) is 12.2. The number of nitrogens with zero attached hydrogens (tertiary/aromatic N) is 2. The second-order valence-corrected chi connectivity index (χ2v) is 5.30. The molecule has 19 heavy (non-hydrogen) atoms. The molecule has 0 amide bonds. The van der Waals surface area contributed by atoms with Crippen LogP contribution in [-0.4, -0.2) is 9.38 Å². The van der Waals surface area contributed by atoms with Crippen LogP contribution >= 0.6 is 11.3 Å². The first-order valence-electron chi connectivity index (χ1n) is 6.59. The van der Waals surface area contributed by atoms with Gasteiger partial charge in [-0.05, 0) is 36.8 Å². The van der Waals surface area contributed by atoms with E-state index in [0.717, 1.165) is 10.5 Å². The number of fused-ring (bicyclic) bond motifs is 5. The van der Waals surface area contributed by atoms with Crippen LogP contribution in [0.1, 0.15) is 19.4 Å². The molecule has 0 unspecified atom stereocenters. The third kappa shape index (κ3) is 1.81. The molecule has 0 saturated heterocycles. The van der Waals surface area contributed by atoms with Gasteiger partial charge in [0.2, 0.25) is 0 Å². The summed E-state index contributed by atoms with van der Waals surface area (Å²) in [6.45, 7) is 6.12. The monoisotopic (exact) mass is 268 g/mol. The number of benzene rings is 2. The minimum atomic E-state index is 1.08. The largest absolute Gasteiger partial charge is 0.283 e. The molecule has 0 aliphatic carbocycles. The fourth-order valence-electron chi connectivity index (χ4n) is 2.29. The number of hydrogen-bond donors (Lipinski definition) is 0. The average molecular weight is 268 g/mol. The Morgan fingerprint density at radius 3 is 2.63 bits per heavy atom. The van der Waals surface area contributed by atoms with Crippen molar-refractivity contribution in [2.24, 2.45) is 0 Å². The average Bonchev–Trinajstić information content (AvgIpc) is 2.96. The van der Waals surface area contributed by atoms with Crippen molar-refractivity contribution in [1.82, 2.24) is 9.38 Å². The quantitative estimate of drug-likeness (QED) is 0.437. The van der Waals surface area contributed by atoms with Crippen LogP contribution < -0.4 is 0 Å². The van der Waals surface area contributed by atoms with Gasteiger partial charge in [-0.2, -0.15) is 0 Å². The molecule has 96 valence electrons. The van der Waals surface area contributed by atoms with Crippen LogP contribution in [0, 0.1) is 6.92 Å². The minimum absolute atomic E-state index is 1.08. The Morgan fingerprint density at radius 2 is 1.79 bits per heavy atom. The van der Waals surface area contributed by atoms with Gasteiger partial charge < -0.3 is 0 Å². The molecule has 0 atom stereocenters. The zero-order chi connectivity index (χ0) is 13.4. The van der Waals surface area contributed by atoms with Gasteiger partial charge in [0.15, 0.2) is 4.96 Å². The first-order chi connectivity index (χ1) is 9.33. The second kappa shape index (κ2) is 4.67. The van der Waals surface area contributed by atoms with E-state index in [4.69, 9.17) is 0 Å². The van der Waals surface area contributed by atoms with Gasteiger partial charge in [-0.1, -0.05) is 43.4 Å². The highest BCUT2D eigenvalue weighted by atomic mass is 32.1. The predicted octanol–water partition coefficient (Wildman–Crippen LogP) is 5.04. The molecule has 2 nitrogen and oxygen atoms in total. The molecule has 0 aliphatic heterocycles. The van der Waals surface area contributed by atoms with Crippen LogP contribution in [0.4, 0.5) is 0 Å². The molecule has 0 bridgehead atoms. The highest BCUT2D eigenvalue weighted by Gasteiger charge is 2.10. The zero-order valence-corrected chi connectivity index (χ0v) is 12.2. The van der Waals surface area contributed by atoms with Crippen LogP contribution in [0.2, 0.25) is 0 Å². The van der Waals surface area contributed by atoms with E-state index >= 15 is 0 Å². The van der Waals surface area contributed by atoms with Crippen molar-refractivity contribution in [2.75, 3.05) is 0 Å². The highest BCUT2D eigenvalue weighted by Crippen LogP contribution is 2.30. The zero-order valence-electron chi connectivity index (χ0n) is 11.3. The number of rotatable bonds is 0. The van der Waals surface area contributed by atoms with Gasteiger partial charge in [0.25, 0.3) is 0 Å². The van der Waals surface area contributed by atoms with Crippen molar-refractivity contribution in [3.05, 3.63) is 48.0 Å². The molecule has 0 radical (unpaired) electrons. The van der Waals surface area contributed by atoms with E-state index in [1.165, 1.54) is 21.3 Å². The Balaban J connectivity index is 0.000000528. The van der Waals surface area contributed by atoms with E-state index in [1.807, 2.05) is 13.8 Å². The van der Waals surface area contributed by atoms with Gasteiger partial charge in [0.1, 0.15) is 0 Å². The van der Waals surface area contributed by atoms with E-state index in [2.05, 4.69) is 58.8 Å². The van der Waals surface area contributed by atoms with Crippen LogP contribution in [0.5, 0.6) is 0 Å². The lowest BCUT2D eigenvalue weighted by molar-refractivity contribution is 1.34. The van der Waals surface area contributed by atoms with E-state index < -0.39 is 0 Å². The van der Waals surface area contributed by atoms with E-state index in [9.17, 15) is 0 Å². The Hall–Kier alpha value is -1.87.